The number of carbonyl (C=O) groups excluding carboxylic acids is 2. The Labute approximate surface area is 255 Å². The lowest BCUT2D eigenvalue weighted by molar-refractivity contribution is -0.151. The van der Waals surface area contributed by atoms with E-state index in [0.717, 1.165) is 38.5 Å². The Balaban J connectivity index is 3.35. The maximum atomic E-state index is 11.9. The number of hydroxylamine groups is 2. The first-order valence-corrected chi connectivity index (χ1v) is 17.7. The van der Waals surface area contributed by atoms with Gasteiger partial charge < -0.3 is 0 Å². The summed E-state index contributed by atoms with van der Waals surface area (Å²) in [6, 6.07) is 0. The van der Waals surface area contributed by atoms with Crippen LogP contribution < -0.4 is 11.0 Å². The molecule has 0 fully saturated rings. The summed E-state index contributed by atoms with van der Waals surface area (Å²) in [5, 5.41) is 0. The van der Waals surface area contributed by atoms with Crippen LogP contribution in [0.3, 0.4) is 0 Å². The van der Waals surface area contributed by atoms with Crippen LogP contribution >= 0.6 is 0 Å². The van der Waals surface area contributed by atoms with Crippen LogP contribution in [0.15, 0.2) is 24.3 Å². The van der Waals surface area contributed by atoms with Crippen LogP contribution in [0.1, 0.15) is 194 Å². The Bertz CT molecular complexity index is 566. The molecule has 0 aliphatic heterocycles. The van der Waals surface area contributed by atoms with E-state index in [1.807, 2.05) is 0 Å². The van der Waals surface area contributed by atoms with Crippen molar-refractivity contribution in [3.8, 4) is 0 Å². The summed E-state index contributed by atoms with van der Waals surface area (Å²) in [4.78, 5) is 28.6. The fourth-order valence-electron chi connectivity index (χ4n) is 4.95. The summed E-state index contributed by atoms with van der Waals surface area (Å²) in [5.41, 5.74) is 4.66. The Kier molecular flexibility index (Phi) is 33.2. The van der Waals surface area contributed by atoms with Crippen LogP contribution in [0, 0.1) is 0 Å². The minimum atomic E-state index is -0.177. The fraction of sp³-hybridized carbons (Fsp3) is 0.833. The van der Waals surface area contributed by atoms with Crippen molar-refractivity contribution in [2.75, 3.05) is 0 Å². The van der Waals surface area contributed by atoms with Crippen molar-refractivity contribution in [2.24, 2.45) is 0 Å². The van der Waals surface area contributed by atoms with E-state index in [1.54, 1.807) is 0 Å². The monoisotopic (exact) mass is 577 g/mol. The third-order valence-corrected chi connectivity index (χ3v) is 7.66. The second-order valence-corrected chi connectivity index (χ2v) is 11.8. The number of rotatable bonds is 32. The Hall–Kier alpha value is -1.62. The van der Waals surface area contributed by atoms with E-state index in [4.69, 9.17) is 4.94 Å². The van der Waals surface area contributed by atoms with Crippen molar-refractivity contribution >= 4 is 11.8 Å². The van der Waals surface area contributed by atoms with Crippen LogP contribution in [-0.2, 0) is 14.5 Å². The molecule has 0 aromatic rings. The van der Waals surface area contributed by atoms with Gasteiger partial charge in [0.1, 0.15) is 0 Å². The van der Waals surface area contributed by atoms with Crippen LogP contribution in [0.4, 0.5) is 0 Å². The minimum absolute atomic E-state index is 0.177. The number of amides is 2. The predicted molar refractivity (Wildman–Crippen MR) is 176 cm³/mol. The Morgan fingerprint density at radius 1 is 0.415 bits per heavy atom. The van der Waals surface area contributed by atoms with Crippen LogP contribution in [0.2, 0.25) is 0 Å². The first kappa shape index (κ1) is 39.4. The van der Waals surface area contributed by atoms with Gasteiger partial charge >= 0.3 is 0 Å². The summed E-state index contributed by atoms with van der Waals surface area (Å²) in [6.45, 7) is 4.53. The van der Waals surface area contributed by atoms with Crippen molar-refractivity contribution in [1.29, 1.82) is 0 Å². The van der Waals surface area contributed by atoms with Gasteiger partial charge in [0, 0.05) is 12.8 Å². The highest BCUT2D eigenvalue weighted by atomic mass is 16.8. The lowest BCUT2D eigenvalue weighted by atomic mass is 10.1. The van der Waals surface area contributed by atoms with Crippen LogP contribution in [0.5, 0.6) is 0 Å². The maximum Gasteiger partial charge on any atom is 0.245 e. The van der Waals surface area contributed by atoms with E-state index in [0.29, 0.717) is 12.8 Å². The quantitative estimate of drug-likeness (QED) is 0.0475. The smallest absolute Gasteiger partial charge is 0.245 e. The molecule has 0 radical (unpaired) electrons. The summed E-state index contributed by atoms with van der Waals surface area (Å²) in [5.74, 6) is -0.354. The molecule has 0 aromatic heterocycles. The largest absolute Gasteiger partial charge is 0.273 e. The summed E-state index contributed by atoms with van der Waals surface area (Å²) in [6.07, 6.45) is 42.4. The zero-order chi connectivity index (χ0) is 29.9. The topological polar surface area (TPSA) is 67.4 Å². The lowest BCUT2D eigenvalue weighted by Gasteiger charge is -2.07. The summed E-state index contributed by atoms with van der Waals surface area (Å²) < 4.78 is 0. The van der Waals surface area contributed by atoms with E-state index in [-0.39, 0.29) is 11.8 Å². The molecule has 0 atom stereocenters. The van der Waals surface area contributed by atoms with Crippen LogP contribution in [0.25, 0.3) is 0 Å². The number of nitrogens with one attached hydrogen (secondary N) is 2. The van der Waals surface area contributed by atoms with Gasteiger partial charge in [-0.1, -0.05) is 141 Å². The van der Waals surface area contributed by atoms with Gasteiger partial charge in [-0.3, -0.25) is 9.59 Å². The van der Waals surface area contributed by atoms with Gasteiger partial charge in [-0.05, 0) is 64.2 Å². The minimum Gasteiger partial charge on any atom is -0.273 e. The number of hydrogen-bond donors (Lipinski definition) is 2. The van der Waals surface area contributed by atoms with Crippen LogP contribution in [-0.4, -0.2) is 11.8 Å². The number of unbranched alkanes of at least 4 members (excludes halogenated alkanes) is 22. The normalized spacial score (nSPS) is 11.6. The molecule has 5 nitrogen and oxygen atoms in total. The zero-order valence-electron chi connectivity index (χ0n) is 27.3. The highest BCUT2D eigenvalue weighted by Gasteiger charge is 2.04. The number of carbonyl (C=O) groups is 2. The van der Waals surface area contributed by atoms with Gasteiger partial charge in [0.2, 0.25) is 11.8 Å². The second kappa shape index (κ2) is 34.6. The lowest BCUT2D eigenvalue weighted by Crippen LogP contribution is -2.34. The molecule has 0 saturated heterocycles. The van der Waals surface area contributed by atoms with Crippen molar-refractivity contribution in [3.63, 3.8) is 0 Å². The molecule has 0 spiro atoms. The number of allylic oxidation sites excluding steroid dienone is 4. The average Bonchev–Trinajstić information content (AvgIpc) is 2.97. The highest BCUT2D eigenvalue weighted by molar-refractivity contribution is 5.76. The SMILES string of the molecule is CCCCCCCC/C=C\CCCCCCCC(=O)NONC(=O)CCCCCCC/C=C\CCCCCCCC. The van der Waals surface area contributed by atoms with Crippen molar-refractivity contribution in [2.45, 2.75) is 194 Å². The Morgan fingerprint density at radius 2 is 0.683 bits per heavy atom. The predicted octanol–water partition coefficient (Wildman–Crippen LogP) is 11.1. The highest BCUT2D eigenvalue weighted by Crippen LogP contribution is 2.11. The third kappa shape index (κ3) is 34.5. The molecule has 2 amide bonds. The molecule has 41 heavy (non-hydrogen) atoms. The first-order valence-electron chi connectivity index (χ1n) is 17.7. The number of hydrogen-bond acceptors (Lipinski definition) is 3. The molecule has 5 heteroatoms. The molecule has 0 saturated carbocycles. The van der Waals surface area contributed by atoms with E-state index >= 15 is 0 Å². The first-order chi connectivity index (χ1) is 20.2. The van der Waals surface area contributed by atoms with Crippen molar-refractivity contribution in [3.05, 3.63) is 24.3 Å². The second-order valence-electron chi connectivity index (χ2n) is 11.8. The van der Waals surface area contributed by atoms with Gasteiger partial charge in [0.25, 0.3) is 0 Å². The van der Waals surface area contributed by atoms with E-state index in [9.17, 15) is 9.59 Å². The Morgan fingerprint density at radius 3 is 1.00 bits per heavy atom. The molecule has 0 aliphatic carbocycles. The summed E-state index contributed by atoms with van der Waals surface area (Å²) in [7, 11) is 0. The zero-order valence-corrected chi connectivity index (χ0v) is 27.3. The molecular weight excluding hydrogens is 508 g/mol. The molecule has 0 aliphatic rings. The molecule has 0 aromatic carbocycles. The molecule has 0 bridgehead atoms. The molecule has 0 rings (SSSR count). The van der Waals surface area contributed by atoms with Gasteiger partial charge in [0.05, 0.1) is 0 Å². The van der Waals surface area contributed by atoms with Crippen molar-refractivity contribution < 1.29 is 14.5 Å². The molecular formula is C36H68N2O3. The van der Waals surface area contributed by atoms with E-state index in [1.165, 1.54) is 128 Å². The molecule has 0 unspecified atom stereocenters. The van der Waals surface area contributed by atoms with Gasteiger partial charge in [0.15, 0.2) is 0 Å². The molecule has 0 heterocycles. The fourth-order valence-corrected chi connectivity index (χ4v) is 4.95. The van der Waals surface area contributed by atoms with E-state index in [2.05, 4.69) is 49.1 Å². The van der Waals surface area contributed by atoms with Gasteiger partial charge in [-0.25, -0.2) is 11.0 Å². The van der Waals surface area contributed by atoms with Gasteiger partial charge in [-0.15, -0.1) is 0 Å². The summed E-state index contributed by atoms with van der Waals surface area (Å²) >= 11 is 0. The maximum absolute atomic E-state index is 11.9. The van der Waals surface area contributed by atoms with Crippen molar-refractivity contribution in [1.82, 2.24) is 11.0 Å². The molecule has 240 valence electrons. The standard InChI is InChI=1S/C36H68N2O3/c1-3-5-7-9-11-13-15-17-19-21-23-25-27-29-31-33-35(39)37-41-38-36(40)34-32-30-28-26-24-22-20-18-16-14-12-10-8-6-4-2/h17-20H,3-16,21-34H2,1-2H3,(H,37,39)(H,38,40)/b19-17-,20-18-. The average molecular weight is 577 g/mol. The molecule has 2 N–H and O–H groups in total. The third-order valence-electron chi connectivity index (χ3n) is 7.66. The van der Waals surface area contributed by atoms with E-state index < -0.39 is 0 Å². The van der Waals surface area contributed by atoms with Gasteiger partial charge in [-0.2, -0.15) is 4.94 Å².